The molecular weight excluding hydrogens is 1660 g/mol. The number of nitrogen functional groups attached to an aromatic ring is 1. The highest BCUT2D eigenvalue weighted by Crippen LogP contribution is 2.43. The van der Waals surface area contributed by atoms with E-state index in [0.717, 1.165) is 60.7 Å². The van der Waals surface area contributed by atoms with Crippen LogP contribution < -0.4 is 16.0 Å². The van der Waals surface area contributed by atoms with Crippen LogP contribution in [0.25, 0.3) is 144 Å². The third-order valence-electron chi connectivity index (χ3n) is 22.9. The molecule has 0 aliphatic rings. The zero-order chi connectivity index (χ0) is 85.5. The highest BCUT2D eigenvalue weighted by Gasteiger charge is 2.20. The van der Waals surface area contributed by atoms with Crippen LogP contribution in [-0.4, -0.2) is 13.7 Å². The van der Waals surface area contributed by atoms with Crippen molar-refractivity contribution < 1.29 is 0 Å². The molecule has 3 N–H and O–H groups in total. The third kappa shape index (κ3) is 18.3. The van der Waals surface area contributed by atoms with Crippen molar-refractivity contribution in [3.63, 3.8) is 0 Å². The number of aryl methyl sites for hydroxylation is 1. The van der Waals surface area contributed by atoms with Crippen LogP contribution in [-0.2, 0) is 6.42 Å². The van der Waals surface area contributed by atoms with E-state index in [-0.39, 0.29) is 0 Å². The van der Waals surface area contributed by atoms with Gasteiger partial charge in [0.05, 0.1) is 33.1 Å². The molecule has 0 bridgehead atoms. The molecule has 0 fully saturated rings. The molecule has 0 atom stereocenters. The minimum atomic E-state index is 0.822. The molecule has 8 heteroatoms. The van der Waals surface area contributed by atoms with E-state index in [4.69, 9.17) is 5.73 Å². The van der Waals surface area contributed by atoms with Crippen LogP contribution in [0.5, 0.6) is 0 Å². The van der Waals surface area contributed by atoms with E-state index < -0.39 is 0 Å². The summed E-state index contributed by atoms with van der Waals surface area (Å²) in [5.41, 5.74) is 37.3. The number of nitrogens with one attached hydrogen (secondary N) is 1. The number of fused-ring (bicyclic) bond motifs is 9. The maximum atomic E-state index is 5.36. The highest BCUT2D eigenvalue weighted by atomic mass is 79.9. The van der Waals surface area contributed by atoms with Crippen molar-refractivity contribution in [3.05, 3.63) is 506 Å². The van der Waals surface area contributed by atoms with E-state index in [9.17, 15) is 0 Å². The van der Waals surface area contributed by atoms with E-state index in [1.807, 2.05) is 60.7 Å². The Morgan fingerprint density at radius 2 is 0.563 bits per heavy atom. The summed E-state index contributed by atoms with van der Waals surface area (Å²) >= 11 is 7.04. The Hall–Kier alpha value is -15.3. The first-order chi connectivity index (χ1) is 62.1. The van der Waals surface area contributed by atoms with Gasteiger partial charge in [0.1, 0.15) is 0 Å². The van der Waals surface area contributed by atoms with E-state index in [2.05, 4.69) is 494 Å². The monoisotopic (exact) mass is 1750 g/mol. The van der Waals surface area contributed by atoms with Gasteiger partial charge in [0.25, 0.3) is 0 Å². The minimum absolute atomic E-state index is 0.822. The molecule has 3 aromatic heterocycles. The average molecular weight is 1750 g/mol. The van der Waals surface area contributed by atoms with Crippen molar-refractivity contribution >= 4 is 137 Å². The summed E-state index contributed by atoms with van der Waals surface area (Å²) in [5.74, 6) is 0. The molecule has 0 aliphatic heterocycles. The molecule has 19 aromatic carbocycles. The summed E-state index contributed by atoms with van der Waals surface area (Å²) in [6.45, 7) is 5.93. The van der Waals surface area contributed by atoms with Gasteiger partial charge < -0.3 is 29.7 Å². The highest BCUT2D eigenvalue weighted by molar-refractivity contribution is 9.10. The van der Waals surface area contributed by atoms with Crippen molar-refractivity contribution in [2.45, 2.75) is 13.3 Å². The summed E-state index contributed by atoms with van der Waals surface area (Å²) in [6.07, 6.45) is 2.90. The van der Waals surface area contributed by atoms with E-state index in [1.54, 1.807) is 0 Å². The lowest BCUT2D eigenvalue weighted by Gasteiger charge is -2.26. The lowest BCUT2D eigenvalue weighted by atomic mass is 10.0. The number of benzene rings is 19. The lowest BCUT2D eigenvalue weighted by Crippen LogP contribution is -2.09. The second-order valence-electron chi connectivity index (χ2n) is 30.9. The number of halogens is 2. The molecule has 0 aliphatic carbocycles. The van der Waals surface area contributed by atoms with E-state index in [0.29, 0.717) is 0 Å². The molecular formula is C118H90Br2N6. The van der Waals surface area contributed by atoms with Crippen LogP contribution >= 0.6 is 31.9 Å². The predicted octanol–water partition coefficient (Wildman–Crippen LogP) is 33.6. The van der Waals surface area contributed by atoms with Gasteiger partial charge in [0.2, 0.25) is 0 Å². The Morgan fingerprint density at radius 3 is 0.976 bits per heavy atom. The first-order valence-electron chi connectivity index (χ1n) is 42.5. The molecule has 0 amide bonds. The van der Waals surface area contributed by atoms with Crippen LogP contribution in [0.3, 0.4) is 0 Å². The first kappa shape index (κ1) is 81.7. The summed E-state index contributed by atoms with van der Waals surface area (Å²) in [7, 11) is 0. The van der Waals surface area contributed by atoms with Gasteiger partial charge >= 0.3 is 0 Å². The largest absolute Gasteiger partial charge is 0.399 e. The van der Waals surface area contributed by atoms with Crippen LogP contribution in [0, 0.1) is 0 Å². The van der Waals surface area contributed by atoms with Crippen molar-refractivity contribution in [2.75, 3.05) is 16.0 Å². The predicted molar refractivity (Wildman–Crippen MR) is 546 cm³/mol. The number of rotatable bonds is 15. The van der Waals surface area contributed by atoms with Crippen LogP contribution in [0.4, 0.5) is 34.1 Å². The fourth-order valence-corrected chi connectivity index (χ4v) is 17.2. The van der Waals surface area contributed by atoms with Gasteiger partial charge in [-0.2, -0.15) is 0 Å². The Bertz CT molecular complexity index is 7410. The summed E-state index contributed by atoms with van der Waals surface area (Å²) in [4.78, 5) is 2.35. The number of anilines is 6. The summed E-state index contributed by atoms with van der Waals surface area (Å²) < 4.78 is 9.29. The number of hydrogen-bond donors (Lipinski definition) is 2. The number of para-hydroxylation sites is 6. The van der Waals surface area contributed by atoms with Gasteiger partial charge in [-0.15, -0.1) is 0 Å². The van der Waals surface area contributed by atoms with Crippen LogP contribution in [0.1, 0.15) is 18.1 Å². The SMILES string of the molecule is Brc1ccc2c(c1)c1ccccc1n2-c1ccc(-c2ccccc2)cc1.C=Cc1ccc(-c2ccc(Br)cc2)cc1.CCc1ccc(-c2ccc(N(c3ccccc3)c3ccc4c(c3)c3ccccc3n4-c3ccc(-c4ccccc4)cc3)cc2)cc1.Nc1ccccc1.c1ccc(Nc2ccc3c(c2)c2ccccc2n3-c2ccc(-c3ccccc3)cc2)cc1. The van der Waals surface area contributed by atoms with Crippen LogP contribution in [0.2, 0.25) is 0 Å². The molecule has 0 saturated carbocycles. The molecule has 0 radical (unpaired) electrons. The zero-order valence-corrected chi connectivity index (χ0v) is 72.9. The normalized spacial score (nSPS) is 10.9. The minimum Gasteiger partial charge on any atom is -0.399 e. The van der Waals surface area contributed by atoms with Gasteiger partial charge in [-0.1, -0.05) is 361 Å². The lowest BCUT2D eigenvalue weighted by molar-refractivity contribution is 1.14. The fourth-order valence-electron chi connectivity index (χ4n) is 16.6. The second kappa shape index (κ2) is 38.4. The first-order valence-corrected chi connectivity index (χ1v) is 44.1. The van der Waals surface area contributed by atoms with Gasteiger partial charge in [-0.05, 0) is 243 Å². The topological polar surface area (TPSA) is 56.1 Å². The molecule has 6 nitrogen and oxygen atoms in total. The molecule has 22 rings (SSSR count). The van der Waals surface area contributed by atoms with Crippen LogP contribution in [0.15, 0.2) is 495 Å². The molecule has 606 valence electrons. The number of hydrogen-bond acceptors (Lipinski definition) is 3. The van der Waals surface area contributed by atoms with Gasteiger partial charge in [0, 0.05) is 92.4 Å². The number of aromatic nitrogens is 3. The van der Waals surface area contributed by atoms with Crippen molar-refractivity contribution in [2.24, 2.45) is 0 Å². The average Bonchev–Trinajstić information content (AvgIpc) is 1.60. The van der Waals surface area contributed by atoms with Crippen molar-refractivity contribution in [1.29, 1.82) is 0 Å². The molecule has 3 heterocycles. The smallest absolute Gasteiger partial charge is 0.0542 e. The standard InChI is InChI=1S/C44H34N2.C30H22N2.C24H16BrN.C14H11Br.C6H7N/c1-2-32-17-19-34(20-18-32)36-21-25-38(26-22-36)45(37-13-7-4-8-14-37)40-29-30-44-42(31-40)41-15-9-10-16-43(41)46(44)39-27-23-35(24-28-39)33-11-5-3-6-12-33;1-3-9-22(10-4-1)23-15-18-26(19-16-23)32-29-14-8-7-13-27(29)28-21-25(17-20-30(28)32)31-24-11-5-2-6-12-24;25-19-12-15-24-22(16-19)21-8-4-5-9-23(21)26(24)20-13-10-18(11-14-20)17-6-2-1-3-7-17;1-2-11-3-5-12(6-4-11)13-7-9-14(15)10-8-13;7-6-4-2-1-3-5-6/h3-31H,2H2,1H3;1-21,31H;1-16H;2-10H,1H2;1-5H,7H2. The van der Waals surface area contributed by atoms with Gasteiger partial charge in [-0.3, -0.25) is 0 Å². The summed E-state index contributed by atoms with van der Waals surface area (Å²) in [6, 6.07) is 169. The third-order valence-corrected chi connectivity index (χ3v) is 24.0. The Morgan fingerprint density at radius 1 is 0.262 bits per heavy atom. The summed E-state index contributed by atoms with van der Waals surface area (Å²) in [5, 5.41) is 11.0. The Labute approximate surface area is 753 Å². The van der Waals surface area contributed by atoms with Crippen molar-refractivity contribution in [1.82, 2.24) is 13.7 Å². The quantitative estimate of drug-likeness (QED) is 0.101. The maximum Gasteiger partial charge on any atom is 0.0542 e. The Balaban J connectivity index is 0.000000117. The van der Waals surface area contributed by atoms with Gasteiger partial charge in [0.15, 0.2) is 0 Å². The molecule has 0 saturated heterocycles. The number of nitrogens with two attached hydrogens (primary N) is 1. The zero-order valence-electron chi connectivity index (χ0n) is 69.7. The van der Waals surface area contributed by atoms with E-state index in [1.165, 1.54) is 138 Å². The molecule has 126 heavy (non-hydrogen) atoms. The molecule has 22 aromatic rings. The Kier molecular flexibility index (Phi) is 24.9. The second-order valence-corrected chi connectivity index (χ2v) is 32.7. The molecule has 0 unspecified atom stereocenters. The fraction of sp³-hybridized carbons (Fsp3) is 0.0169. The number of nitrogens with zero attached hydrogens (tertiary/aromatic N) is 4. The van der Waals surface area contributed by atoms with Crippen molar-refractivity contribution in [3.8, 4) is 72.7 Å². The maximum absolute atomic E-state index is 5.36. The van der Waals surface area contributed by atoms with Gasteiger partial charge in [-0.25, -0.2) is 0 Å². The molecule has 0 spiro atoms. The van der Waals surface area contributed by atoms with E-state index >= 15 is 0 Å².